The van der Waals surface area contributed by atoms with Crippen molar-refractivity contribution < 1.29 is 9.53 Å². The van der Waals surface area contributed by atoms with Crippen molar-refractivity contribution in [2.75, 3.05) is 14.2 Å². The molecule has 0 amide bonds. The molecule has 2 N–H and O–H groups in total. The molecule has 0 aromatic rings. The highest BCUT2D eigenvalue weighted by Gasteiger charge is 2.28. The molecule has 0 aromatic carbocycles. The Labute approximate surface area is 92.1 Å². The first-order valence-electron chi connectivity index (χ1n) is 4.24. The van der Waals surface area contributed by atoms with Crippen LogP contribution < -0.4 is 10.9 Å². The second-order valence-electron chi connectivity index (χ2n) is 3.07. The number of nitrogens with one attached hydrogen (secondary N) is 2. The summed E-state index contributed by atoms with van der Waals surface area (Å²) in [5.41, 5.74) is 3.29. The van der Waals surface area contributed by atoms with E-state index >= 15 is 0 Å². The first-order valence-corrected chi connectivity index (χ1v) is 4.64. The first-order chi connectivity index (χ1) is 7.11. The van der Waals surface area contributed by atoms with Crippen LogP contribution in [0.1, 0.15) is 0 Å². The van der Waals surface area contributed by atoms with E-state index in [9.17, 15) is 4.79 Å². The average molecular weight is 226 g/mol. The van der Waals surface area contributed by atoms with Crippen LogP contribution in [0.5, 0.6) is 0 Å². The first kappa shape index (κ1) is 9.94. The summed E-state index contributed by atoms with van der Waals surface area (Å²) < 4.78 is 4.60. The topological polar surface area (TPSA) is 56.8 Å². The molecule has 0 saturated carbocycles. The lowest BCUT2D eigenvalue weighted by atomic mass is 10.3. The maximum atomic E-state index is 11.3. The summed E-state index contributed by atoms with van der Waals surface area (Å²) in [4.78, 5) is 11.8. The number of hydrogen-bond acceptors (Lipinski definition) is 6. The zero-order valence-corrected chi connectivity index (χ0v) is 9.09. The third-order valence-corrected chi connectivity index (χ3v) is 2.27. The van der Waals surface area contributed by atoms with Crippen LogP contribution >= 0.6 is 12.2 Å². The van der Waals surface area contributed by atoms with E-state index in [4.69, 9.17) is 12.2 Å². The van der Waals surface area contributed by atoms with Crippen LogP contribution in [0.15, 0.2) is 23.8 Å². The number of rotatable bonds is 1. The molecule has 2 rings (SSSR count). The van der Waals surface area contributed by atoms with E-state index < -0.39 is 5.97 Å². The maximum Gasteiger partial charge on any atom is 0.354 e. The van der Waals surface area contributed by atoms with Crippen LogP contribution in [0.4, 0.5) is 0 Å². The number of esters is 1. The number of fused-ring (bicyclic) bond motifs is 1. The standard InChI is InChI=1S/C8H10N4O2S/c1-11-4-6-9-5(8(13)14-2)3-7(15)12(6)10-11/h3-4,9-10H,1-2H3. The fourth-order valence-electron chi connectivity index (χ4n) is 1.32. The lowest BCUT2D eigenvalue weighted by Crippen LogP contribution is -2.47. The van der Waals surface area contributed by atoms with Crippen LogP contribution in [0.25, 0.3) is 0 Å². The molecule has 2 heterocycles. The van der Waals surface area contributed by atoms with E-state index in [-0.39, 0.29) is 0 Å². The summed E-state index contributed by atoms with van der Waals surface area (Å²) in [5.74, 6) is 0.262. The molecule has 7 heteroatoms. The van der Waals surface area contributed by atoms with Crippen molar-refractivity contribution >= 4 is 23.2 Å². The Morgan fingerprint density at radius 3 is 3.00 bits per heavy atom. The molecule has 0 atom stereocenters. The van der Waals surface area contributed by atoms with E-state index in [0.717, 1.165) is 0 Å². The van der Waals surface area contributed by atoms with Gasteiger partial charge in [0.25, 0.3) is 0 Å². The quantitative estimate of drug-likeness (QED) is 0.459. The number of methoxy groups -OCH3 is 1. The Kier molecular flexibility index (Phi) is 2.33. The predicted octanol–water partition coefficient (Wildman–Crippen LogP) is -0.560. The predicted molar refractivity (Wildman–Crippen MR) is 56.7 cm³/mol. The lowest BCUT2D eigenvalue weighted by Gasteiger charge is -2.26. The molecule has 0 radical (unpaired) electrons. The fourth-order valence-corrected chi connectivity index (χ4v) is 1.58. The number of carbonyl (C=O) groups excluding carboxylic acids is 1. The van der Waals surface area contributed by atoms with Crippen molar-refractivity contribution in [1.82, 2.24) is 20.9 Å². The van der Waals surface area contributed by atoms with Crippen molar-refractivity contribution in [2.45, 2.75) is 0 Å². The number of thiocarbonyl (C=S) groups is 1. The van der Waals surface area contributed by atoms with Gasteiger partial charge < -0.3 is 10.1 Å². The van der Waals surface area contributed by atoms with Crippen LogP contribution in [0.3, 0.4) is 0 Å². The average Bonchev–Trinajstić information content (AvgIpc) is 2.58. The van der Waals surface area contributed by atoms with E-state index in [1.54, 1.807) is 22.3 Å². The summed E-state index contributed by atoms with van der Waals surface area (Å²) in [6.07, 6.45) is 3.33. The molecular weight excluding hydrogens is 216 g/mol. The number of hydrazine groups is 2. The van der Waals surface area contributed by atoms with E-state index in [0.29, 0.717) is 16.5 Å². The molecular formula is C8H10N4O2S. The van der Waals surface area contributed by atoms with Crippen molar-refractivity contribution in [3.05, 3.63) is 23.8 Å². The van der Waals surface area contributed by atoms with Gasteiger partial charge >= 0.3 is 5.97 Å². The molecule has 80 valence electrons. The van der Waals surface area contributed by atoms with Crippen LogP contribution in [0.2, 0.25) is 0 Å². The van der Waals surface area contributed by atoms with Crippen LogP contribution in [-0.2, 0) is 9.53 Å². The molecule has 0 spiro atoms. The number of carbonyl (C=O) groups is 1. The smallest absolute Gasteiger partial charge is 0.354 e. The van der Waals surface area contributed by atoms with Gasteiger partial charge in [-0.15, -0.1) is 5.53 Å². The molecule has 0 fully saturated rings. The molecule has 6 nitrogen and oxygen atoms in total. The summed E-state index contributed by atoms with van der Waals surface area (Å²) in [7, 11) is 3.15. The van der Waals surface area contributed by atoms with Crippen LogP contribution in [-0.4, -0.2) is 35.1 Å². The minimum atomic E-state index is -0.438. The highest BCUT2D eigenvalue weighted by molar-refractivity contribution is 7.80. The Hall–Kier alpha value is -1.60. The third-order valence-electron chi connectivity index (χ3n) is 1.97. The van der Waals surface area contributed by atoms with Gasteiger partial charge in [0.2, 0.25) is 0 Å². The second-order valence-corrected chi connectivity index (χ2v) is 3.49. The normalized spacial score (nSPS) is 19.2. The maximum absolute atomic E-state index is 11.3. The van der Waals surface area contributed by atoms with E-state index in [1.165, 1.54) is 7.11 Å². The molecule has 15 heavy (non-hydrogen) atoms. The number of ether oxygens (including phenoxy) is 1. The molecule has 0 aromatic heterocycles. The summed E-state index contributed by atoms with van der Waals surface area (Å²) in [6, 6.07) is 0. The summed E-state index contributed by atoms with van der Waals surface area (Å²) in [5, 5.41) is 6.29. The monoisotopic (exact) mass is 226 g/mol. The van der Waals surface area contributed by atoms with Crippen molar-refractivity contribution in [3.8, 4) is 0 Å². The van der Waals surface area contributed by atoms with Gasteiger partial charge in [-0.25, -0.2) is 9.80 Å². The summed E-state index contributed by atoms with van der Waals surface area (Å²) >= 11 is 5.11. The minimum Gasteiger partial charge on any atom is -0.464 e. The van der Waals surface area contributed by atoms with Crippen molar-refractivity contribution in [3.63, 3.8) is 0 Å². The molecule has 2 aliphatic heterocycles. The van der Waals surface area contributed by atoms with Gasteiger partial charge in [0.15, 0.2) is 0 Å². The SMILES string of the molecule is COC(=O)C1=CC(=S)N2NN(C)C=C2N1. The van der Waals surface area contributed by atoms with Gasteiger partial charge in [0, 0.05) is 13.1 Å². The Morgan fingerprint density at radius 2 is 2.33 bits per heavy atom. The molecule has 0 bridgehead atoms. The number of nitrogens with zero attached hydrogens (tertiary/aromatic N) is 2. The fraction of sp³-hybridized carbons (Fsp3) is 0.250. The highest BCUT2D eigenvalue weighted by Crippen LogP contribution is 2.16. The largest absolute Gasteiger partial charge is 0.464 e. The molecule has 0 saturated heterocycles. The Morgan fingerprint density at radius 1 is 1.60 bits per heavy atom. The lowest BCUT2D eigenvalue weighted by molar-refractivity contribution is -0.136. The highest BCUT2D eigenvalue weighted by atomic mass is 32.1. The van der Waals surface area contributed by atoms with Gasteiger partial charge in [-0.3, -0.25) is 5.01 Å². The third kappa shape index (κ3) is 1.66. The summed E-state index contributed by atoms with van der Waals surface area (Å²) in [6.45, 7) is 0. The van der Waals surface area contributed by atoms with Gasteiger partial charge in [0.1, 0.15) is 16.5 Å². The van der Waals surface area contributed by atoms with Crippen LogP contribution in [0, 0.1) is 0 Å². The van der Waals surface area contributed by atoms with E-state index in [2.05, 4.69) is 15.6 Å². The Bertz CT molecular complexity index is 390. The van der Waals surface area contributed by atoms with Gasteiger partial charge in [0.05, 0.1) is 13.3 Å². The van der Waals surface area contributed by atoms with Crippen molar-refractivity contribution in [2.24, 2.45) is 0 Å². The molecule has 2 aliphatic rings. The Balaban J connectivity index is 2.26. The zero-order valence-electron chi connectivity index (χ0n) is 8.27. The number of hydrogen-bond donors (Lipinski definition) is 2. The minimum absolute atomic E-state index is 0.335. The zero-order chi connectivity index (χ0) is 11.0. The van der Waals surface area contributed by atoms with Gasteiger partial charge in [-0.05, 0) is 0 Å². The van der Waals surface area contributed by atoms with E-state index in [1.807, 2.05) is 7.05 Å². The molecule has 0 aliphatic carbocycles. The molecule has 0 unspecified atom stereocenters. The van der Waals surface area contributed by atoms with Gasteiger partial charge in [-0.2, -0.15) is 0 Å². The second kappa shape index (κ2) is 3.52. The van der Waals surface area contributed by atoms with Crippen molar-refractivity contribution in [1.29, 1.82) is 0 Å². The van der Waals surface area contributed by atoms with Gasteiger partial charge in [-0.1, -0.05) is 12.2 Å².